The Hall–Kier alpha value is -3.35. The Kier molecular flexibility index (Phi) is 5.20. The lowest BCUT2D eigenvalue weighted by Gasteiger charge is -2.20. The topological polar surface area (TPSA) is 96.5 Å². The molecule has 0 aliphatic carbocycles. The molecule has 7 heteroatoms. The van der Waals surface area contributed by atoms with Crippen LogP contribution in [0.1, 0.15) is 37.3 Å². The van der Waals surface area contributed by atoms with Gasteiger partial charge in [0.25, 0.3) is 5.91 Å². The van der Waals surface area contributed by atoms with Gasteiger partial charge in [-0.25, -0.2) is 4.79 Å². The molecule has 156 valence electrons. The maximum atomic E-state index is 12.3. The van der Waals surface area contributed by atoms with Crippen LogP contribution in [0.15, 0.2) is 42.5 Å². The number of urea groups is 1. The molecule has 2 aliphatic rings. The second kappa shape index (κ2) is 7.82. The lowest BCUT2D eigenvalue weighted by Crippen LogP contribution is -2.47. The van der Waals surface area contributed by atoms with Gasteiger partial charge in [-0.1, -0.05) is 37.3 Å². The second-order valence-electron chi connectivity index (χ2n) is 8.17. The molecule has 0 bridgehead atoms. The van der Waals surface area contributed by atoms with Crippen LogP contribution in [0, 0.1) is 0 Å². The van der Waals surface area contributed by atoms with Crippen molar-refractivity contribution in [1.29, 1.82) is 0 Å². The van der Waals surface area contributed by atoms with Crippen LogP contribution in [0.5, 0.6) is 5.75 Å². The fourth-order valence-corrected chi connectivity index (χ4v) is 3.84. The zero-order valence-corrected chi connectivity index (χ0v) is 17.1. The number of imide groups is 1. The van der Waals surface area contributed by atoms with Crippen LogP contribution >= 0.6 is 0 Å². The molecule has 2 aromatic rings. The number of amides is 4. The van der Waals surface area contributed by atoms with Crippen LogP contribution in [0.2, 0.25) is 0 Å². The van der Waals surface area contributed by atoms with Crippen LogP contribution in [-0.2, 0) is 16.0 Å². The summed E-state index contributed by atoms with van der Waals surface area (Å²) in [4.78, 5) is 35.4. The van der Waals surface area contributed by atoms with Gasteiger partial charge in [-0.05, 0) is 47.2 Å². The number of fused-ring (bicyclic) bond motifs is 1. The van der Waals surface area contributed by atoms with E-state index in [0.29, 0.717) is 6.54 Å². The molecule has 2 heterocycles. The molecule has 0 saturated carbocycles. The summed E-state index contributed by atoms with van der Waals surface area (Å²) in [6, 6.07) is 14.0. The van der Waals surface area contributed by atoms with Crippen LogP contribution in [0.4, 0.5) is 4.79 Å². The molecule has 4 amide bonds. The van der Waals surface area contributed by atoms with E-state index in [-0.39, 0.29) is 18.2 Å². The van der Waals surface area contributed by atoms with Gasteiger partial charge in [-0.15, -0.1) is 0 Å². The predicted octanol–water partition coefficient (Wildman–Crippen LogP) is 2.50. The summed E-state index contributed by atoms with van der Waals surface area (Å²) in [5.41, 5.74) is 3.46. The zero-order valence-electron chi connectivity index (χ0n) is 17.1. The van der Waals surface area contributed by atoms with Crippen molar-refractivity contribution in [2.75, 3.05) is 13.2 Å². The van der Waals surface area contributed by atoms with E-state index < -0.39 is 17.5 Å². The zero-order chi connectivity index (χ0) is 21.3. The lowest BCUT2D eigenvalue weighted by molar-refractivity contribution is -0.129. The van der Waals surface area contributed by atoms with Gasteiger partial charge in [-0.3, -0.25) is 14.9 Å². The first-order valence-corrected chi connectivity index (χ1v) is 10.1. The van der Waals surface area contributed by atoms with E-state index in [0.717, 1.165) is 35.5 Å². The number of ether oxygens (including phenoxy) is 1. The molecule has 3 N–H and O–H groups in total. The van der Waals surface area contributed by atoms with Gasteiger partial charge in [-0.2, -0.15) is 0 Å². The molecule has 2 unspecified atom stereocenters. The van der Waals surface area contributed by atoms with Crippen molar-refractivity contribution in [1.82, 2.24) is 16.0 Å². The van der Waals surface area contributed by atoms with Crippen LogP contribution in [0.25, 0.3) is 11.1 Å². The van der Waals surface area contributed by atoms with E-state index in [4.69, 9.17) is 4.74 Å². The fourth-order valence-electron chi connectivity index (χ4n) is 3.84. The molecule has 2 aromatic carbocycles. The first-order chi connectivity index (χ1) is 14.3. The Bertz CT molecular complexity index is 1000. The van der Waals surface area contributed by atoms with Crippen molar-refractivity contribution in [3.63, 3.8) is 0 Å². The molecule has 2 aliphatic heterocycles. The quantitative estimate of drug-likeness (QED) is 0.641. The van der Waals surface area contributed by atoms with Gasteiger partial charge in [0.15, 0.2) is 0 Å². The SMILES string of the molecule is CC(CNC(=O)CC1(C)NC(=O)NC1=O)c1ccc(-c2ccc3c(c2)CCO3)cc1. The monoisotopic (exact) mass is 407 g/mol. The first kappa shape index (κ1) is 19.9. The molecule has 30 heavy (non-hydrogen) atoms. The number of carbonyl (C=O) groups is 3. The van der Waals surface area contributed by atoms with Gasteiger partial charge in [0.1, 0.15) is 11.3 Å². The van der Waals surface area contributed by atoms with E-state index in [1.165, 1.54) is 5.56 Å². The van der Waals surface area contributed by atoms with Crippen molar-refractivity contribution >= 4 is 17.8 Å². The van der Waals surface area contributed by atoms with Gasteiger partial charge in [0.2, 0.25) is 5.91 Å². The van der Waals surface area contributed by atoms with E-state index >= 15 is 0 Å². The van der Waals surface area contributed by atoms with Crippen molar-refractivity contribution in [3.8, 4) is 16.9 Å². The smallest absolute Gasteiger partial charge is 0.322 e. The summed E-state index contributed by atoms with van der Waals surface area (Å²) >= 11 is 0. The summed E-state index contributed by atoms with van der Waals surface area (Å²) in [6.07, 6.45) is 0.848. The Balaban J connectivity index is 1.34. The Morgan fingerprint density at radius 2 is 1.90 bits per heavy atom. The number of hydrogen-bond acceptors (Lipinski definition) is 4. The van der Waals surface area contributed by atoms with E-state index in [9.17, 15) is 14.4 Å². The second-order valence-corrected chi connectivity index (χ2v) is 8.17. The van der Waals surface area contributed by atoms with Crippen molar-refractivity contribution in [3.05, 3.63) is 53.6 Å². The highest BCUT2D eigenvalue weighted by Gasteiger charge is 2.43. The summed E-state index contributed by atoms with van der Waals surface area (Å²) in [6.45, 7) is 4.77. The number of carbonyl (C=O) groups excluding carboxylic acids is 3. The first-order valence-electron chi connectivity index (χ1n) is 10.1. The predicted molar refractivity (Wildman–Crippen MR) is 112 cm³/mol. The molecule has 2 atom stereocenters. The van der Waals surface area contributed by atoms with Crippen LogP contribution < -0.4 is 20.7 Å². The number of benzene rings is 2. The van der Waals surface area contributed by atoms with E-state index in [1.54, 1.807) is 6.92 Å². The molecule has 4 rings (SSSR count). The number of rotatable bonds is 6. The summed E-state index contributed by atoms with van der Waals surface area (Å²) in [5.74, 6) is 0.322. The molecule has 0 aromatic heterocycles. The molecular weight excluding hydrogens is 382 g/mol. The van der Waals surface area contributed by atoms with Crippen molar-refractivity contribution in [2.24, 2.45) is 0 Å². The molecule has 7 nitrogen and oxygen atoms in total. The maximum Gasteiger partial charge on any atom is 0.322 e. The lowest BCUT2D eigenvalue weighted by atomic mass is 9.95. The average molecular weight is 407 g/mol. The Labute approximate surface area is 175 Å². The van der Waals surface area contributed by atoms with E-state index in [1.807, 2.05) is 13.0 Å². The molecule has 1 saturated heterocycles. The van der Waals surface area contributed by atoms with Gasteiger partial charge >= 0.3 is 6.03 Å². The largest absolute Gasteiger partial charge is 0.493 e. The normalized spacial score (nSPS) is 20.7. The minimum absolute atomic E-state index is 0.0989. The van der Waals surface area contributed by atoms with Crippen LogP contribution in [-0.4, -0.2) is 36.5 Å². The summed E-state index contributed by atoms with van der Waals surface area (Å²) in [5, 5.41) is 7.52. The third-order valence-electron chi connectivity index (χ3n) is 5.74. The van der Waals surface area contributed by atoms with Crippen LogP contribution in [0.3, 0.4) is 0 Å². The summed E-state index contributed by atoms with van der Waals surface area (Å²) in [7, 11) is 0. The highest BCUT2D eigenvalue weighted by atomic mass is 16.5. The molecule has 1 fully saturated rings. The fraction of sp³-hybridized carbons (Fsp3) is 0.348. The average Bonchev–Trinajstić information content (AvgIpc) is 3.29. The maximum absolute atomic E-state index is 12.3. The molecule has 0 radical (unpaired) electrons. The third-order valence-corrected chi connectivity index (χ3v) is 5.74. The minimum atomic E-state index is -1.20. The highest BCUT2D eigenvalue weighted by Crippen LogP contribution is 2.31. The van der Waals surface area contributed by atoms with Gasteiger partial charge in [0, 0.05) is 13.0 Å². The highest BCUT2D eigenvalue weighted by molar-refractivity contribution is 6.08. The van der Waals surface area contributed by atoms with Gasteiger partial charge in [0.05, 0.1) is 13.0 Å². The minimum Gasteiger partial charge on any atom is -0.493 e. The van der Waals surface area contributed by atoms with Crippen molar-refractivity contribution in [2.45, 2.75) is 38.1 Å². The molecule has 0 spiro atoms. The molecular formula is C23H25N3O4. The van der Waals surface area contributed by atoms with E-state index in [2.05, 4.69) is 52.3 Å². The Morgan fingerprint density at radius 1 is 1.17 bits per heavy atom. The number of nitrogens with one attached hydrogen (secondary N) is 3. The Morgan fingerprint density at radius 3 is 2.60 bits per heavy atom. The van der Waals surface area contributed by atoms with Gasteiger partial charge < -0.3 is 15.4 Å². The number of hydrogen-bond donors (Lipinski definition) is 3. The van der Waals surface area contributed by atoms with Crippen molar-refractivity contribution < 1.29 is 19.1 Å². The summed E-state index contributed by atoms with van der Waals surface area (Å²) < 4.78 is 5.57. The third kappa shape index (κ3) is 4.01. The standard InChI is InChI=1S/C23H25N3O4/c1-14(13-24-20(27)12-23(2)21(28)25-22(29)26-23)15-3-5-16(6-4-15)17-7-8-19-18(11-17)9-10-30-19/h3-8,11,14H,9-10,12-13H2,1-2H3,(H,24,27)(H2,25,26,28,29).